The van der Waals surface area contributed by atoms with Gasteiger partial charge in [0.2, 0.25) is 0 Å². The van der Waals surface area contributed by atoms with E-state index in [-0.39, 0.29) is 11.6 Å². The van der Waals surface area contributed by atoms with Gasteiger partial charge in [-0.3, -0.25) is 4.79 Å². The van der Waals surface area contributed by atoms with Crippen LogP contribution < -0.4 is 5.73 Å². The summed E-state index contributed by atoms with van der Waals surface area (Å²) in [5.41, 5.74) is 6.17. The minimum atomic E-state index is -0.452. The van der Waals surface area contributed by atoms with Crippen LogP contribution in [0.1, 0.15) is 22.2 Å². The molecule has 1 heterocycles. The van der Waals surface area contributed by atoms with Crippen LogP contribution in [0.15, 0.2) is 30.3 Å². The van der Waals surface area contributed by atoms with Gasteiger partial charge in [0.1, 0.15) is 5.82 Å². The molecule has 106 valence electrons. The van der Waals surface area contributed by atoms with E-state index in [2.05, 4.69) is 0 Å². The average molecular weight is 313 g/mol. The Morgan fingerprint density at radius 3 is 2.70 bits per heavy atom. The number of hydrogen-bond donors (Lipinski definition) is 1. The fourth-order valence-corrected chi connectivity index (χ4v) is 2.95. The topological polar surface area (TPSA) is 46.3 Å². The summed E-state index contributed by atoms with van der Waals surface area (Å²) in [5, 5.41) is 0. The molecule has 0 bridgehead atoms. The lowest BCUT2D eigenvalue weighted by molar-refractivity contribution is 0.0755. The number of nitrogen functional groups attached to an aromatic ring is 1. The van der Waals surface area contributed by atoms with E-state index in [0.717, 1.165) is 10.9 Å². The van der Waals surface area contributed by atoms with Gasteiger partial charge >= 0.3 is 0 Å². The largest absolute Gasteiger partial charge is 0.398 e. The second-order valence-electron chi connectivity index (χ2n) is 4.26. The number of halogens is 2. The smallest absolute Gasteiger partial charge is 0.256 e. The van der Waals surface area contributed by atoms with Gasteiger partial charge in [0.25, 0.3) is 5.91 Å². The molecule has 20 heavy (non-hydrogen) atoms. The molecule has 1 amide bonds. The van der Waals surface area contributed by atoms with Crippen molar-refractivity contribution in [1.82, 2.24) is 4.90 Å². The maximum absolute atomic E-state index is 13.0. The fourth-order valence-electron chi connectivity index (χ4n) is 1.85. The van der Waals surface area contributed by atoms with Crippen LogP contribution in [0.3, 0.4) is 0 Å². The zero-order valence-corrected chi connectivity index (χ0v) is 12.5. The molecule has 6 heteroatoms. The quantitative estimate of drug-likeness (QED) is 0.873. The summed E-state index contributed by atoms with van der Waals surface area (Å²) in [6.07, 6.45) is 0. The highest BCUT2D eigenvalue weighted by molar-refractivity contribution is 7.16. The number of benzene rings is 1. The van der Waals surface area contributed by atoms with Gasteiger partial charge in [0.05, 0.1) is 16.4 Å². The molecule has 0 aliphatic carbocycles. The summed E-state index contributed by atoms with van der Waals surface area (Å²) >= 11 is 7.31. The van der Waals surface area contributed by atoms with Crippen LogP contribution in [0.2, 0.25) is 4.34 Å². The zero-order chi connectivity index (χ0) is 14.7. The van der Waals surface area contributed by atoms with Gasteiger partial charge in [-0.25, -0.2) is 4.39 Å². The second kappa shape index (κ2) is 6.24. The number of anilines is 1. The molecule has 1 aromatic heterocycles. The predicted molar refractivity (Wildman–Crippen MR) is 80.6 cm³/mol. The molecule has 2 rings (SSSR count). The van der Waals surface area contributed by atoms with Crippen molar-refractivity contribution in [3.63, 3.8) is 0 Å². The van der Waals surface area contributed by atoms with E-state index in [0.29, 0.717) is 23.0 Å². The molecular formula is C14H14ClFN2OS. The zero-order valence-electron chi connectivity index (χ0n) is 10.9. The minimum Gasteiger partial charge on any atom is -0.398 e. The molecule has 0 fully saturated rings. The first kappa shape index (κ1) is 14.8. The molecule has 0 radical (unpaired) electrons. The van der Waals surface area contributed by atoms with E-state index in [1.165, 1.54) is 23.5 Å². The standard InChI is InChI=1S/C14H14ClFN2OS/c1-2-18(8-10-4-6-13(15)20-10)14(19)11-5-3-9(16)7-12(11)17/h3-7H,2,8,17H2,1H3. The van der Waals surface area contributed by atoms with Gasteiger partial charge in [-0.2, -0.15) is 0 Å². The molecule has 3 nitrogen and oxygen atoms in total. The maximum atomic E-state index is 13.0. The summed E-state index contributed by atoms with van der Waals surface area (Å²) in [6, 6.07) is 7.49. The monoisotopic (exact) mass is 312 g/mol. The van der Waals surface area contributed by atoms with Crippen LogP contribution in [0.4, 0.5) is 10.1 Å². The molecular weight excluding hydrogens is 299 g/mol. The third-order valence-electron chi connectivity index (χ3n) is 2.89. The van der Waals surface area contributed by atoms with Crippen LogP contribution in [-0.2, 0) is 6.54 Å². The normalized spacial score (nSPS) is 10.6. The van der Waals surface area contributed by atoms with Gasteiger partial charge in [-0.1, -0.05) is 11.6 Å². The van der Waals surface area contributed by atoms with Crippen LogP contribution in [0.25, 0.3) is 0 Å². The first-order valence-electron chi connectivity index (χ1n) is 6.09. The molecule has 0 spiro atoms. The van der Waals surface area contributed by atoms with E-state index >= 15 is 0 Å². The van der Waals surface area contributed by atoms with Crippen molar-refractivity contribution in [2.75, 3.05) is 12.3 Å². The van der Waals surface area contributed by atoms with E-state index in [4.69, 9.17) is 17.3 Å². The second-order valence-corrected chi connectivity index (χ2v) is 6.06. The highest BCUT2D eigenvalue weighted by Crippen LogP contribution is 2.24. The number of hydrogen-bond acceptors (Lipinski definition) is 3. The number of carbonyl (C=O) groups excluding carboxylic acids is 1. The molecule has 0 aliphatic rings. The number of rotatable bonds is 4. The van der Waals surface area contributed by atoms with Crippen molar-refractivity contribution in [2.24, 2.45) is 0 Å². The summed E-state index contributed by atoms with van der Waals surface area (Å²) < 4.78 is 13.7. The number of thiophene rings is 1. The summed E-state index contributed by atoms with van der Waals surface area (Å²) in [7, 11) is 0. The molecule has 0 saturated carbocycles. The number of nitrogens with two attached hydrogens (primary N) is 1. The van der Waals surface area contributed by atoms with Gasteiger partial charge in [0.15, 0.2) is 0 Å². The van der Waals surface area contributed by atoms with E-state index in [1.807, 2.05) is 13.0 Å². The minimum absolute atomic E-state index is 0.151. The van der Waals surface area contributed by atoms with E-state index < -0.39 is 5.82 Å². The Morgan fingerprint density at radius 2 is 2.15 bits per heavy atom. The van der Waals surface area contributed by atoms with Gasteiger partial charge in [0, 0.05) is 17.1 Å². The Bertz CT molecular complexity index is 629. The third-order valence-corrected chi connectivity index (χ3v) is 4.10. The summed E-state index contributed by atoms with van der Waals surface area (Å²) in [6.45, 7) is 2.88. The fraction of sp³-hybridized carbons (Fsp3) is 0.214. The number of amides is 1. The Kier molecular flexibility index (Phi) is 4.62. The molecule has 2 aromatic rings. The SMILES string of the molecule is CCN(Cc1ccc(Cl)s1)C(=O)c1ccc(F)cc1N. The molecule has 0 saturated heterocycles. The van der Waals surface area contributed by atoms with Crippen molar-refractivity contribution < 1.29 is 9.18 Å². The van der Waals surface area contributed by atoms with Crippen LogP contribution in [0, 0.1) is 5.82 Å². The Labute approximate surface area is 125 Å². The Balaban J connectivity index is 2.20. The summed E-state index contributed by atoms with van der Waals surface area (Å²) in [4.78, 5) is 15.1. The molecule has 0 atom stereocenters. The van der Waals surface area contributed by atoms with Gasteiger partial charge in [-0.05, 0) is 37.3 Å². The van der Waals surface area contributed by atoms with Crippen LogP contribution in [-0.4, -0.2) is 17.4 Å². The summed E-state index contributed by atoms with van der Waals surface area (Å²) in [5.74, 6) is -0.665. The van der Waals surface area contributed by atoms with Crippen LogP contribution in [0.5, 0.6) is 0 Å². The third kappa shape index (κ3) is 3.29. The number of carbonyl (C=O) groups is 1. The Morgan fingerprint density at radius 1 is 1.40 bits per heavy atom. The lowest BCUT2D eigenvalue weighted by atomic mass is 10.1. The van der Waals surface area contributed by atoms with Crippen LogP contribution >= 0.6 is 22.9 Å². The highest BCUT2D eigenvalue weighted by atomic mass is 35.5. The molecule has 0 aliphatic heterocycles. The molecule has 2 N–H and O–H groups in total. The predicted octanol–water partition coefficient (Wildman–Crippen LogP) is 3.79. The van der Waals surface area contributed by atoms with Crippen molar-refractivity contribution in [2.45, 2.75) is 13.5 Å². The maximum Gasteiger partial charge on any atom is 0.256 e. The average Bonchev–Trinajstić information content (AvgIpc) is 2.81. The highest BCUT2D eigenvalue weighted by Gasteiger charge is 2.18. The van der Waals surface area contributed by atoms with E-state index in [1.54, 1.807) is 11.0 Å². The first-order chi connectivity index (χ1) is 9.51. The van der Waals surface area contributed by atoms with Gasteiger partial charge < -0.3 is 10.6 Å². The Hall–Kier alpha value is -1.59. The lowest BCUT2D eigenvalue weighted by Crippen LogP contribution is -2.30. The molecule has 1 aromatic carbocycles. The molecule has 0 unspecified atom stereocenters. The van der Waals surface area contributed by atoms with Crippen molar-refractivity contribution in [1.29, 1.82) is 0 Å². The van der Waals surface area contributed by atoms with Crippen molar-refractivity contribution >= 4 is 34.5 Å². The van der Waals surface area contributed by atoms with E-state index in [9.17, 15) is 9.18 Å². The first-order valence-corrected chi connectivity index (χ1v) is 7.29. The van der Waals surface area contributed by atoms with Crippen molar-refractivity contribution in [3.05, 3.63) is 50.9 Å². The lowest BCUT2D eigenvalue weighted by Gasteiger charge is -2.21. The van der Waals surface area contributed by atoms with Crippen molar-refractivity contribution in [3.8, 4) is 0 Å². The van der Waals surface area contributed by atoms with Gasteiger partial charge in [-0.15, -0.1) is 11.3 Å². The number of nitrogens with zero attached hydrogens (tertiary/aromatic N) is 1.